The van der Waals surface area contributed by atoms with Crippen LogP contribution in [-0.2, 0) is 17.0 Å². The highest BCUT2D eigenvalue weighted by molar-refractivity contribution is 7.98. The van der Waals surface area contributed by atoms with Crippen molar-refractivity contribution in [2.75, 3.05) is 11.9 Å². The number of amides is 1. The number of nitrogens with zero attached hydrogens (tertiary/aromatic N) is 1. The summed E-state index contributed by atoms with van der Waals surface area (Å²) in [5.41, 5.74) is 3.11. The molecule has 1 aromatic heterocycles. The van der Waals surface area contributed by atoms with Crippen molar-refractivity contribution in [3.63, 3.8) is 0 Å². The second kappa shape index (κ2) is 7.51. The molecule has 3 aromatic rings. The van der Waals surface area contributed by atoms with Crippen molar-refractivity contribution < 1.29 is 9.53 Å². The molecule has 0 radical (unpaired) electrons. The number of aromatic nitrogens is 1. The van der Waals surface area contributed by atoms with Crippen molar-refractivity contribution in [2.45, 2.75) is 24.0 Å². The van der Waals surface area contributed by atoms with E-state index < -0.39 is 0 Å². The van der Waals surface area contributed by atoms with Gasteiger partial charge in [0.05, 0.1) is 18.7 Å². The summed E-state index contributed by atoms with van der Waals surface area (Å²) in [4.78, 5) is 19.5. The van der Waals surface area contributed by atoms with E-state index in [1.165, 1.54) is 9.77 Å². The molecule has 0 aliphatic carbocycles. The first-order chi connectivity index (χ1) is 12.7. The average Bonchev–Trinajstić information content (AvgIpc) is 3.06. The van der Waals surface area contributed by atoms with E-state index in [-0.39, 0.29) is 5.91 Å². The molecule has 4 rings (SSSR count). The number of carbonyl (C=O) groups excluding carboxylic acids is 1. The highest BCUT2D eigenvalue weighted by atomic mass is 32.2. The number of thiazole rings is 1. The first-order valence-electron chi connectivity index (χ1n) is 8.46. The number of ether oxygens (including phenoxy) is 1. The van der Waals surface area contributed by atoms with Gasteiger partial charge in [0.25, 0.3) is 0 Å². The quantitative estimate of drug-likeness (QED) is 0.675. The van der Waals surface area contributed by atoms with Gasteiger partial charge in [0, 0.05) is 21.1 Å². The Bertz CT molecular complexity index is 935. The van der Waals surface area contributed by atoms with Crippen LogP contribution in [0.25, 0.3) is 11.3 Å². The Hall–Kier alpha value is -2.31. The van der Waals surface area contributed by atoms with E-state index in [1.807, 2.05) is 55.1 Å². The Morgan fingerprint density at radius 1 is 1.19 bits per heavy atom. The first kappa shape index (κ1) is 17.1. The van der Waals surface area contributed by atoms with Gasteiger partial charge >= 0.3 is 0 Å². The number of benzene rings is 2. The molecule has 2 aromatic carbocycles. The molecule has 0 bridgehead atoms. The molecule has 0 spiro atoms. The summed E-state index contributed by atoms with van der Waals surface area (Å²) in [7, 11) is 0. The van der Waals surface area contributed by atoms with Crippen molar-refractivity contribution >= 4 is 34.1 Å². The molecule has 132 valence electrons. The van der Waals surface area contributed by atoms with Crippen molar-refractivity contribution in [1.29, 1.82) is 0 Å². The normalized spacial score (nSPS) is 12.2. The summed E-state index contributed by atoms with van der Waals surface area (Å²) in [5, 5.41) is 3.62. The number of thioether (sulfide) groups is 1. The van der Waals surface area contributed by atoms with E-state index in [9.17, 15) is 4.79 Å². The van der Waals surface area contributed by atoms with Gasteiger partial charge in [-0.1, -0.05) is 30.3 Å². The summed E-state index contributed by atoms with van der Waals surface area (Å²) in [5.74, 6) is 1.67. The van der Waals surface area contributed by atoms with Crippen LogP contribution in [0.2, 0.25) is 0 Å². The molecular weight excluding hydrogens is 364 g/mol. The molecule has 6 heteroatoms. The van der Waals surface area contributed by atoms with Crippen LogP contribution in [0.4, 0.5) is 5.13 Å². The lowest BCUT2D eigenvalue weighted by Gasteiger charge is -2.13. The second-order valence-corrected chi connectivity index (χ2v) is 7.98. The number of carbonyl (C=O) groups is 1. The van der Waals surface area contributed by atoms with Crippen LogP contribution in [0.5, 0.6) is 5.75 Å². The van der Waals surface area contributed by atoms with E-state index >= 15 is 0 Å². The average molecular weight is 383 g/mol. The minimum atomic E-state index is -0.0544. The predicted molar refractivity (Wildman–Crippen MR) is 107 cm³/mol. The van der Waals surface area contributed by atoms with E-state index in [0.29, 0.717) is 18.2 Å². The van der Waals surface area contributed by atoms with Crippen LogP contribution in [-0.4, -0.2) is 17.5 Å². The summed E-state index contributed by atoms with van der Waals surface area (Å²) in [6.07, 6.45) is 0.321. The molecule has 0 saturated heterocycles. The smallest absolute Gasteiger partial charge is 0.230 e. The Kier molecular flexibility index (Phi) is 4.95. The minimum Gasteiger partial charge on any atom is -0.494 e. The number of hydrogen-bond donors (Lipinski definition) is 1. The monoisotopic (exact) mass is 382 g/mol. The number of hydrogen-bond acceptors (Lipinski definition) is 5. The Morgan fingerprint density at radius 2 is 2.00 bits per heavy atom. The third kappa shape index (κ3) is 3.61. The van der Waals surface area contributed by atoms with Crippen LogP contribution in [0.1, 0.15) is 17.4 Å². The molecule has 4 nitrogen and oxygen atoms in total. The molecule has 0 atom stereocenters. The highest BCUT2D eigenvalue weighted by Gasteiger charge is 2.21. The maximum atomic E-state index is 12.4. The maximum Gasteiger partial charge on any atom is 0.230 e. The van der Waals surface area contributed by atoms with Crippen molar-refractivity contribution in [2.24, 2.45) is 0 Å². The topological polar surface area (TPSA) is 51.2 Å². The van der Waals surface area contributed by atoms with E-state index in [1.54, 1.807) is 11.3 Å². The molecule has 0 fully saturated rings. The first-order valence-corrected chi connectivity index (χ1v) is 10.3. The van der Waals surface area contributed by atoms with Gasteiger partial charge in [-0.3, -0.25) is 4.79 Å². The van der Waals surface area contributed by atoms with Gasteiger partial charge < -0.3 is 10.1 Å². The number of fused-ring (bicyclic) bond motifs is 3. The fraction of sp³-hybridized carbons (Fsp3) is 0.200. The number of rotatable bonds is 5. The van der Waals surface area contributed by atoms with Gasteiger partial charge in [-0.15, -0.1) is 23.1 Å². The number of anilines is 1. The standard InChI is InChI=1S/C20H18N2O2S2/c1-2-24-14-9-7-13(8-10-14)11-18(23)21-20-22-19-15-5-3-4-6-16(15)25-12-17(19)26-20/h3-10H,2,11-12H2,1H3,(H,21,22,23). The lowest BCUT2D eigenvalue weighted by molar-refractivity contribution is -0.115. The van der Waals surface area contributed by atoms with Crippen molar-refractivity contribution in [1.82, 2.24) is 4.98 Å². The lowest BCUT2D eigenvalue weighted by atomic mass is 10.1. The summed E-state index contributed by atoms with van der Waals surface area (Å²) < 4.78 is 5.43. The fourth-order valence-electron chi connectivity index (χ4n) is 2.86. The van der Waals surface area contributed by atoms with Gasteiger partial charge in [0.15, 0.2) is 5.13 Å². The molecule has 0 unspecified atom stereocenters. The molecule has 0 saturated carbocycles. The van der Waals surface area contributed by atoms with Gasteiger partial charge in [-0.05, 0) is 30.7 Å². The van der Waals surface area contributed by atoms with Gasteiger partial charge in [0.1, 0.15) is 5.75 Å². The Balaban J connectivity index is 1.45. The summed E-state index contributed by atoms with van der Waals surface area (Å²) in [6.45, 7) is 2.59. The third-order valence-corrected chi connectivity index (χ3v) is 6.30. The molecule has 1 N–H and O–H groups in total. The fourth-order valence-corrected chi connectivity index (χ4v) is 4.98. The SMILES string of the molecule is CCOc1ccc(CC(=O)Nc2nc3c(s2)CSc2ccccc2-3)cc1. The zero-order chi connectivity index (χ0) is 17.9. The van der Waals surface area contributed by atoms with Crippen molar-refractivity contribution in [3.05, 3.63) is 59.0 Å². The molecule has 26 heavy (non-hydrogen) atoms. The van der Waals surface area contributed by atoms with Gasteiger partial charge in [0.2, 0.25) is 5.91 Å². The maximum absolute atomic E-state index is 12.4. The molecule has 1 aliphatic rings. The van der Waals surface area contributed by atoms with E-state index in [0.717, 1.165) is 28.3 Å². The van der Waals surface area contributed by atoms with Crippen LogP contribution in [0, 0.1) is 0 Å². The minimum absolute atomic E-state index is 0.0544. The van der Waals surface area contributed by atoms with Crippen LogP contribution in [0.15, 0.2) is 53.4 Å². The third-order valence-electron chi connectivity index (χ3n) is 4.04. The zero-order valence-electron chi connectivity index (χ0n) is 14.3. The Morgan fingerprint density at radius 3 is 2.81 bits per heavy atom. The van der Waals surface area contributed by atoms with Crippen LogP contribution >= 0.6 is 23.1 Å². The summed E-state index contributed by atoms with van der Waals surface area (Å²) >= 11 is 3.38. The van der Waals surface area contributed by atoms with E-state index in [4.69, 9.17) is 4.74 Å². The van der Waals surface area contributed by atoms with Gasteiger partial charge in [-0.25, -0.2) is 4.98 Å². The predicted octanol–water partition coefficient (Wildman–Crippen LogP) is 5.00. The lowest BCUT2D eigenvalue weighted by Crippen LogP contribution is -2.14. The summed E-state index contributed by atoms with van der Waals surface area (Å²) in [6, 6.07) is 15.9. The van der Waals surface area contributed by atoms with Crippen LogP contribution in [0.3, 0.4) is 0 Å². The van der Waals surface area contributed by atoms with Crippen LogP contribution < -0.4 is 10.1 Å². The highest BCUT2D eigenvalue weighted by Crippen LogP contribution is 2.44. The zero-order valence-corrected chi connectivity index (χ0v) is 16.0. The molecule has 1 aliphatic heterocycles. The van der Waals surface area contributed by atoms with E-state index in [2.05, 4.69) is 22.4 Å². The van der Waals surface area contributed by atoms with Gasteiger partial charge in [-0.2, -0.15) is 0 Å². The molecule has 1 amide bonds. The molecular formula is C20H18N2O2S2. The Labute approximate surface area is 160 Å². The molecule has 2 heterocycles. The second-order valence-electron chi connectivity index (χ2n) is 5.88. The number of nitrogens with one attached hydrogen (secondary N) is 1. The van der Waals surface area contributed by atoms with Crippen molar-refractivity contribution in [3.8, 4) is 17.0 Å². The largest absolute Gasteiger partial charge is 0.494 e.